The molecule has 1 amide bonds. The van der Waals surface area contributed by atoms with Gasteiger partial charge in [0.25, 0.3) is 11.6 Å². The van der Waals surface area contributed by atoms with E-state index in [9.17, 15) is 19.7 Å². The predicted octanol–water partition coefficient (Wildman–Crippen LogP) is 2.56. The third-order valence-corrected chi connectivity index (χ3v) is 3.74. The van der Waals surface area contributed by atoms with Crippen LogP contribution in [0.3, 0.4) is 0 Å². The summed E-state index contributed by atoms with van der Waals surface area (Å²) in [4.78, 5) is 34.6. The number of nitrogens with zero attached hydrogens (tertiary/aromatic N) is 1. The quantitative estimate of drug-likeness (QED) is 0.384. The normalized spacial score (nSPS) is 11.1. The number of methoxy groups -OCH3 is 2. The van der Waals surface area contributed by atoms with Gasteiger partial charge in [-0.25, -0.2) is 4.79 Å². The van der Waals surface area contributed by atoms with Crippen molar-refractivity contribution in [2.24, 2.45) is 0 Å². The number of para-hydroxylation sites is 2. The summed E-state index contributed by atoms with van der Waals surface area (Å²) >= 11 is 0. The Bertz CT molecular complexity index is 900. The van der Waals surface area contributed by atoms with Crippen LogP contribution in [0.1, 0.15) is 6.92 Å². The molecule has 0 radical (unpaired) electrons. The topological polar surface area (TPSA) is 126 Å². The van der Waals surface area contributed by atoms with Crippen molar-refractivity contribution in [1.82, 2.24) is 0 Å². The first-order valence-electron chi connectivity index (χ1n) is 8.44. The number of benzene rings is 2. The van der Waals surface area contributed by atoms with E-state index in [2.05, 4.69) is 5.32 Å². The molecule has 0 aromatic heterocycles. The van der Waals surface area contributed by atoms with Crippen LogP contribution in [-0.2, 0) is 14.3 Å². The number of nitro benzene ring substituents is 1. The molecule has 154 valence electrons. The molecule has 0 spiro atoms. The molecule has 0 aliphatic rings. The van der Waals surface area contributed by atoms with Crippen LogP contribution in [0.25, 0.3) is 0 Å². The zero-order valence-corrected chi connectivity index (χ0v) is 16.0. The molecule has 0 saturated carbocycles. The van der Waals surface area contributed by atoms with Crippen molar-refractivity contribution in [2.45, 2.75) is 13.0 Å². The van der Waals surface area contributed by atoms with Gasteiger partial charge in [0.15, 0.2) is 24.2 Å². The van der Waals surface area contributed by atoms with Gasteiger partial charge in [-0.3, -0.25) is 14.9 Å². The summed E-state index contributed by atoms with van der Waals surface area (Å²) in [7, 11) is 2.82. The highest BCUT2D eigenvalue weighted by atomic mass is 16.6. The number of non-ortho nitro benzene ring substituents is 1. The number of rotatable bonds is 9. The monoisotopic (exact) mass is 404 g/mol. The maximum absolute atomic E-state index is 12.3. The summed E-state index contributed by atoms with van der Waals surface area (Å²) in [6.45, 7) is 0.929. The minimum Gasteiger partial charge on any atom is -0.495 e. The SMILES string of the molecule is COc1ccc([N+](=O)[O-])cc1NC(=O)C(C)OC(=O)COc1ccccc1OC. The highest BCUT2D eigenvalue weighted by Gasteiger charge is 2.21. The van der Waals surface area contributed by atoms with Gasteiger partial charge < -0.3 is 24.3 Å². The van der Waals surface area contributed by atoms with Crippen LogP contribution < -0.4 is 19.5 Å². The Morgan fingerprint density at radius 3 is 2.34 bits per heavy atom. The van der Waals surface area contributed by atoms with Crippen molar-refractivity contribution in [2.75, 3.05) is 26.1 Å². The predicted molar refractivity (Wildman–Crippen MR) is 102 cm³/mol. The van der Waals surface area contributed by atoms with Crippen molar-refractivity contribution in [1.29, 1.82) is 0 Å². The van der Waals surface area contributed by atoms with E-state index in [1.165, 1.54) is 33.3 Å². The Kier molecular flexibility index (Phi) is 7.35. The molecule has 0 bridgehead atoms. The van der Waals surface area contributed by atoms with Gasteiger partial charge in [0.05, 0.1) is 24.8 Å². The summed E-state index contributed by atoms with van der Waals surface area (Å²) in [5, 5.41) is 13.4. The third-order valence-electron chi connectivity index (χ3n) is 3.74. The van der Waals surface area contributed by atoms with Crippen molar-refractivity contribution in [3.8, 4) is 17.2 Å². The molecule has 1 atom stereocenters. The van der Waals surface area contributed by atoms with E-state index in [1.54, 1.807) is 24.3 Å². The molecule has 0 saturated heterocycles. The minimum absolute atomic E-state index is 0.0832. The van der Waals surface area contributed by atoms with E-state index < -0.39 is 29.5 Å². The molecule has 0 fully saturated rings. The second-order valence-electron chi connectivity index (χ2n) is 5.70. The number of carbonyl (C=O) groups is 2. The van der Waals surface area contributed by atoms with Gasteiger partial charge in [0, 0.05) is 12.1 Å². The van der Waals surface area contributed by atoms with Gasteiger partial charge in [0.2, 0.25) is 0 Å². The summed E-state index contributed by atoms with van der Waals surface area (Å²) in [6.07, 6.45) is -1.17. The van der Waals surface area contributed by atoms with E-state index in [0.717, 1.165) is 6.07 Å². The van der Waals surface area contributed by atoms with E-state index in [-0.39, 0.29) is 17.1 Å². The van der Waals surface area contributed by atoms with Gasteiger partial charge in [-0.1, -0.05) is 12.1 Å². The van der Waals surface area contributed by atoms with Crippen molar-refractivity contribution in [3.63, 3.8) is 0 Å². The second kappa shape index (κ2) is 9.93. The average Bonchev–Trinajstić information content (AvgIpc) is 2.72. The fourth-order valence-electron chi connectivity index (χ4n) is 2.30. The third kappa shape index (κ3) is 5.83. The highest BCUT2D eigenvalue weighted by Crippen LogP contribution is 2.29. The molecule has 10 heteroatoms. The van der Waals surface area contributed by atoms with Gasteiger partial charge in [0.1, 0.15) is 5.75 Å². The second-order valence-corrected chi connectivity index (χ2v) is 5.70. The van der Waals surface area contributed by atoms with Crippen LogP contribution >= 0.6 is 0 Å². The number of carbonyl (C=O) groups excluding carboxylic acids is 2. The Hall–Kier alpha value is -3.82. The Labute approximate surface area is 166 Å². The number of nitro groups is 1. The van der Waals surface area contributed by atoms with Crippen LogP contribution in [0, 0.1) is 10.1 Å². The molecule has 1 unspecified atom stereocenters. The van der Waals surface area contributed by atoms with Gasteiger partial charge in [-0.2, -0.15) is 0 Å². The summed E-state index contributed by atoms with van der Waals surface area (Å²) in [6, 6.07) is 10.5. The first kappa shape index (κ1) is 21.5. The average molecular weight is 404 g/mol. The van der Waals surface area contributed by atoms with Gasteiger partial charge in [-0.15, -0.1) is 0 Å². The number of anilines is 1. The zero-order chi connectivity index (χ0) is 21.4. The van der Waals surface area contributed by atoms with Crippen molar-refractivity contribution < 1.29 is 33.5 Å². The lowest BCUT2D eigenvalue weighted by atomic mass is 10.2. The van der Waals surface area contributed by atoms with E-state index in [0.29, 0.717) is 11.5 Å². The van der Waals surface area contributed by atoms with Crippen LogP contribution in [0.15, 0.2) is 42.5 Å². The molecule has 2 aromatic carbocycles. The maximum Gasteiger partial charge on any atom is 0.344 e. The lowest BCUT2D eigenvalue weighted by Crippen LogP contribution is -2.31. The molecule has 0 aliphatic carbocycles. The smallest absolute Gasteiger partial charge is 0.344 e. The first-order chi connectivity index (χ1) is 13.8. The highest BCUT2D eigenvalue weighted by molar-refractivity contribution is 5.96. The van der Waals surface area contributed by atoms with Crippen LogP contribution in [0.5, 0.6) is 17.2 Å². The zero-order valence-electron chi connectivity index (χ0n) is 16.0. The number of ether oxygens (including phenoxy) is 4. The molecule has 1 N–H and O–H groups in total. The lowest BCUT2D eigenvalue weighted by molar-refractivity contribution is -0.384. The molecule has 2 rings (SSSR count). The molecule has 2 aromatic rings. The fraction of sp³-hybridized carbons (Fsp3) is 0.263. The molecular formula is C19H20N2O8. The van der Waals surface area contributed by atoms with Crippen molar-refractivity contribution >= 4 is 23.3 Å². The maximum atomic E-state index is 12.3. The van der Waals surface area contributed by atoms with E-state index in [4.69, 9.17) is 18.9 Å². The van der Waals surface area contributed by atoms with Crippen LogP contribution in [-0.4, -0.2) is 43.7 Å². The summed E-state index contributed by atoms with van der Waals surface area (Å²) in [5.41, 5.74) is -0.143. The Balaban J connectivity index is 1.95. The Morgan fingerprint density at radius 2 is 1.72 bits per heavy atom. The van der Waals surface area contributed by atoms with Crippen LogP contribution in [0.4, 0.5) is 11.4 Å². The van der Waals surface area contributed by atoms with Crippen molar-refractivity contribution in [3.05, 3.63) is 52.6 Å². The molecular weight excluding hydrogens is 384 g/mol. The Morgan fingerprint density at radius 1 is 1.07 bits per heavy atom. The fourth-order valence-corrected chi connectivity index (χ4v) is 2.30. The number of hydrogen-bond acceptors (Lipinski definition) is 8. The molecule has 0 aliphatic heterocycles. The molecule has 29 heavy (non-hydrogen) atoms. The van der Waals surface area contributed by atoms with E-state index in [1.807, 2.05) is 0 Å². The van der Waals surface area contributed by atoms with E-state index >= 15 is 0 Å². The largest absolute Gasteiger partial charge is 0.495 e. The number of amides is 1. The number of hydrogen-bond donors (Lipinski definition) is 1. The standard InChI is InChI=1S/C19H20N2O8/c1-12(29-18(22)11-28-17-7-5-4-6-16(17)27-3)19(23)20-14-10-13(21(24)25)8-9-15(14)26-2/h4-10,12H,11H2,1-3H3,(H,20,23). The summed E-state index contributed by atoms with van der Waals surface area (Å²) in [5.74, 6) is -0.435. The van der Waals surface area contributed by atoms with Crippen LogP contribution in [0.2, 0.25) is 0 Å². The summed E-state index contributed by atoms with van der Waals surface area (Å²) < 4.78 is 20.6. The minimum atomic E-state index is -1.17. The molecule has 10 nitrogen and oxygen atoms in total. The van der Waals surface area contributed by atoms with Gasteiger partial charge in [-0.05, 0) is 25.1 Å². The van der Waals surface area contributed by atoms with Gasteiger partial charge >= 0.3 is 5.97 Å². The first-order valence-corrected chi connectivity index (χ1v) is 8.44. The molecule has 0 heterocycles. The number of esters is 1. The lowest BCUT2D eigenvalue weighted by Gasteiger charge is -2.15. The number of nitrogens with one attached hydrogen (secondary N) is 1.